The summed E-state index contributed by atoms with van der Waals surface area (Å²) in [6.07, 6.45) is 3.10. The van der Waals surface area contributed by atoms with Gasteiger partial charge in [0.15, 0.2) is 0 Å². The lowest BCUT2D eigenvalue weighted by Crippen LogP contribution is -2.31. The second kappa shape index (κ2) is 6.73. The van der Waals surface area contributed by atoms with E-state index in [4.69, 9.17) is 11.6 Å². The Bertz CT molecular complexity index is 516. The van der Waals surface area contributed by atoms with E-state index in [0.717, 1.165) is 5.56 Å². The molecule has 0 aromatic heterocycles. The van der Waals surface area contributed by atoms with Gasteiger partial charge in [-0.05, 0) is 17.7 Å². The third kappa shape index (κ3) is 3.45. The van der Waals surface area contributed by atoms with Crippen molar-refractivity contribution >= 4 is 21.6 Å². The van der Waals surface area contributed by atoms with Gasteiger partial charge >= 0.3 is 0 Å². The summed E-state index contributed by atoms with van der Waals surface area (Å²) in [6, 6.07) is 6.62. The maximum atomic E-state index is 12.4. The fourth-order valence-corrected chi connectivity index (χ4v) is 3.12. The second-order valence-electron chi connectivity index (χ2n) is 3.68. The zero-order valence-electron chi connectivity index (χ0n) is 10.0. The molecule has 1 aromatic rings. The van der Waals surface area contributed by atoms with E-state index in [1.54, 1.807) is 36.4 Å². The first kappa shape index (κ1) is 15.0. The van der Waals surface area contributed by atoms with Crippen LogP contribution in [0, 0.1) is 0 Å². The van der Waals surface area contributed by atoms with Crippen molar-refractivity contribution in [2.45, 2.75) is 10.8 Å². The highest BCUT2D eigenvalue weighted by molar-refractivity contribution is 7.89. The van der Waals surface area contributed by atoms with Crippen LogP contribution >= 0.6 is 11.6 Å². The number of benzene rings is 1. The lowest BCUT2D eigenvalue weighted by atomic mass is 10.2. The van der Waals surface area contributed by atoms with Gasteiger partial charge in [0.05, 0.1) is 4.90 Å². The van der Waals surface area contributed by atoms with Crippen LogP contribution in [0.2, 0.25) is 0 Å². The zero-order chi connectivity index (χ0) is 13.6. The first-order valence-electron chi connectivity index (χ1n) is 5.43. The molecule has 3 nitrogen and oxygen atoms in total. The number of halogens is 1. The van der Waals surface area contributed by atoms with Gasteiger partial charge in [-0.2, -0.15) is 4.31 Å². The van der Waals surface area contributed by atoms with E-state index < -0.39 is 10.0 Å². The molecule has 0 spiro atoms. The molecule has 0 unspecified atom stereocenters. The van der Waals surface area contributed by atoms with E-state index in [1.165, 1.54) is 4.31 Å². The summed E-state index contributed by atoms with van der Waals surface area (Å²) in [6.45, 7) is 7.62. The Labute approximate surface area is 113 Å². The van der Waals surface area contributed by atoms with Crippen molar-refractivity contribution in [3.63, 3.8) is 0 Å². The topological polar surface area (TPSA) is 37.4 Å². The van der Waals surface area contributed by atoms with Gasteiger partial charge in [-0.15, -0.1) is 24.8 Å². The van der Waals surface area contributed by atoms with Crippen LogP contribution in [0.3, 0.4) is 0 Å². The van der Waals surface area contributed by atoms with E-state index in [0.29, 0.717) is 0 Å². The number of nitrogens with zero attached hydrogens (tertiary/aromatic N) is 1. The average molecular weight is 286 g/mol. The molecule has 0 amide bonds. The van der Waals surface area contributed by atoms with Gasteiger partial charge in [-0.1, -0.05) is 24.3 Å². The molecule has 1 rings (SSSR count). The van der Waals surface area contributed by atoms with Crippen molar-refractivity contribution < 1.29 is 8.42 Å². The average Bonchev–Trinajstić information content (AvgIpc) is 2.38. The molecular weight excluding hydrogens is 270 g/mol. The molecule has 0 N–H and O–H groups in total. The first-order valence-corrected chi connectivity index (χ1v) is 7.40. The minimum atomic E-state index is -3.53. The van der Waals surface area contributed by atoms with Crippen molar-refractivity contribution in [1.82, 2.24) is 4.31 Å². The van der Waals surface area contributed by atoms with Crippen LogP contribution < -0.4 is 0 Å². The second-order valence-corrected chi connectivity index (χ2v) is 5.89. The fraction of sp³-hybridized carbons (Fsp3) is 0.231. The van der Waals surface area contributed by atoms with Gasteiger partial charge in [-0.3, -0.25) is 0 Å². The van der Waals surface area contributed by atoms with E-state index >= 15 is 0 Å². The van der Waals surface area contributed by atoms with Gasteiger partial charge in [0.1, 0.15) is 0 Å². The molecule has 0 saturated heterocycles. The minimum Gasteiger partial charge on any atom is -0.207 e. The molecule has 18 heavy (non-hydrogen) atoms. The summed E-state index contributed by atoms with van der Waals surface area (Å²) >= 11 is 5.71. The Kier molecular flexibility index (Phi) is 5.59. The largest absolute Gasteiger partial charge is 0.243 e. The number of rotatable bonds is 7. The van der Waals surface area contributed by atoms with Crippen LogP contribution in [0.25, 0.3) is 0 Å². The smallest absolute Gasteiger partial charge is 0.207 e. The summed E-state index contributed by atoms with van der Waals surface area (Å²) < 4.78 is 26.0. The number of hydrogen-bond donors (Lipinski definition) is 0. The monoisotopic (exact) mass is 285 g/mol. The third-order valence-corrected chi connectivity index (χ3v) is 4.49. The Morgan fingerprint density at radius 2 is 1.83 bits per heavy atom. The Morgan fingerprint density at radius 1 is 1.22 bits per heavy atom. The summed E-state index contributed by atoms with van der Waals surface area (Å²) in [4.78, 5) is 0.240. The van der Waals surface area contributed by atoms with E-state index in [2.05, 4.69) is 13.2 Å². The lowest BCUT2D eigenvalue weighted by Gasteiger charge is -2.19. The van der Waals surface area contributed by atoms with Crippen molar-refractivity contribution in [2.75, 3.05) is 13.1 Å². The molecule has 0 aliphatic heterocycles. The van der Waals surface area contributed by atoms with Gasteiger partial charge in [0, 0.05) is 19.0 Å². The van der Waals surface area contributed by atoms with Crippen LogP contribution in [-0.4, -0.2) is 25.8 Å². The Hall–Kier alpha value is -1.10. The predicted octanol–water partition coefficient (Wildman–Crippen LogP) is 2.79. The van der Waals surface area contributed by atoms with E-state index in [-0.39, 0.29) is 23.9 Å². The standard InChI is InChI=1S/C13H16ClNO2S/c1-3-8-15(9-4-2)18(16,17)13-7-5-6-12(10-13)11-14/h3-7,10H,1-2,8-9,11H2. The van der Waals surface area contributed by atoms with Crippen molar-refractivity contribution in [1.29, 1.82) is 0 Å². The number of hydrogen-bond acceptors (Lipinski definition) is 2. The molecule has 0 saturated carbocycles. The summed E-state index contributed by atoms with van der Waals surface area (Å²) in [5.74, 6) is 0.284. The SMILES string of the molecule is C=CCN(CC=C)S(=O)(=O)c1cccc(CCl)c1. The van der Waals surface area contributed by atoms with E-state index in [9.17, 15) is 8.42 Å². The zero-order valence-corrected chi connectivity index (χ0v) is 11.6. The molecule has 0 atom stereocenters. The molecular formula is C13H16ClNO2S. The summed E-state index contributed by atoms with van der Waals surface area (Å²) in [7, 11) is -3.53. The third-order valence-electron chi connectivity index (χ3n) is 2.36. The summed E-state index contributed by atoms with van der Waals surface area (Å²) in [5, 5.41) is 0. The van der Waals surface area contributed by atoms with Crippen molar-refractivity contribution in [2.24, 2.45) is 0 Å². The van der Waals surface area contributed by atoms with Gasteiger partial charge in [-0.25, -0.2) is 8.42 Å². The quantitative estimate of drug-likeness (QED) is 0.571. The van der Waals surface area contributed by atoms with Gasteiger partial charge in [0.2, 0.25) is 10.0 Å². The van der Waals surface area contributed by atoms with Crippen molar-refractivity contribution in [3.8, 4) is 0 Å². The van der Waals surface area contributed by atoms with Crippen LogP contribution in [0.15, 0.2) is 54.5 Å². The van der Waals surface area contributed by atoms with Crippen LogP contribution in [0.1, 0.15) is 5.56 Å². The minimum absolute atomic E-state index is 0.240. The van der Waals surface area contributed by atoms with Gasteiger partial charge in [0.25, 0.3) is 0 Å². The maximum absolute atomic E-state index is 12.4. The van der Waals surface area contributed by atoms with Crippen LogP contribution in [0.5, 0.6) is 0 Å². The first-order chi connectivity index (χ1) is 8.56. The van der Waals surface area contributed by atoms with Gasteiger partial charge < -0.3 is 0 Å². The number of alkyl halides is 1. The Balaban J connectivity index is 3.16. The lowest BCUT2D eigenvalue weighted by molar-refractivity contribution is 0.474. The molecule has 98 valence electrons. The normalized spacial score (nSPS) is 11.4. The molecule has 0 bridgehead atoms. The number of sulfonamides is 1. The van der Waals surface area contributed by atoms with Crippen molar-refractivity contribution in [3.05, 3.63) is 55.1 Å². The molecule has 1 aromatic carbocycles. The molecule has 0 heterocycles. The summed E-state index contributed by atoms with van der Waals surface area (Å²) in [5.41, 5.74) is 0.773. The van der Waals surface area contributed by atoms with E-state index in [1.807, 2.05) is 0 Å². The molecule has 0 fully saturated rings. The van der Waals surface area contributed by atoms with Crippen LogP contribution in [-0.2, 0) is 15.9 Å². The predicted molar refractivity (Wildman–Crippen MR) is 75.2 cm³/mol. The highest BCUT2D eigenvalue weighted by atomic mass is 35.5. The molecule has 0 radical (unpaired) electrons. The van der Waals surface area contributed by atoms with Crippen LogP contribution in [0.4, 0.5) is 0 Å². The highest BCUT2D eigenvalue weighted by Gasteiger charge is 2.22. The Morgan fingerprint density at radius 3 is 2.33 bits per heavy atom. The highest BCUT2D eigenvalue weighted by Crippen LogP contribution is 2.18. The maximum Gasteiger partial charge on any atom is 0.243 e. The molecule has 5 heteroatoms. The fourth-order valence-electron chi connectivity index (χ4n) is 1.50. The molecule has 0 aliphatic rings. The molecule has 0 aliphatic carbocycles.